The van der Waals surface area contributed by atoms with E-state index in [4.69, 9.17) is 5.11 Å². The highest BCUT2D eigenvalue weighted by Crippen LogP contribution is 2.44. The third kappa shape index (κ3) is 3.32. The van der Waals surface area contributed by atoms with Gasteiger partial charge in [-0.05, 0) is 30.4 Å². The quantitative estimate of drug-likeness (QED) is 0.800. The molecule has 88 valence electrons. The lowest BCUT2D eigenvalue weighted by molar-refractivity contribution is -0.136. The number of hydrogen-bond acceptors (Lipinski definition) is 3. The number of hydrogen-bond donors (Lipinski definition) is 2. The van der Waals surface area contributed by atoms with Crippen molar-refractivity contribution in [3.05, 3.63) is 21.9 Å². The molecule has 0 unspecified atom stereocenters. The first kappa shape index (κ1) is 11.6. The van der Waals surface area contributed by atoms with Crippen LogP contribution >= 0.6 is 11.3 Å². The van der Waals surface area contributed by atoms with E-state index in [-0.39, 0.29) is 6.42 Å². The van der Waals surface area contributed by atoms with E-state index in [2.05, 4.69) is 12.2 Å². The summed E-state index contributed by atoms with van der Waals surface area (Å²) in [5.74, 6) is -0.758. The van der Waals surface area contributed by atoms with Gasteiger partial charge in [-0.25, -0.2) is 0 Å². The van der Waals surface area contributed by atoms with E-state index >= 15 is 0 Å². The van der Waals surface area contributed by atoms with Crippen LogP contribution in [0.25, 0.3) is 0 Å². The van der Waals surface area contributed by atoms with Crippen LogP contribution in [0.5, 0.6) is 0 Å². The minimum absolute atomic E-state index is 0.141. The molecule has 0 saturated heterocycles. The van der Waals surface area contributed by atoms with Gasteiger partial charge in [0, 0.05) is 22.8 Å². The van der Waals surface area contributed by atoms with Crippen molar-refractivity contribution >= 4 is 17.3 Å². The maximum Gasteiger partial charge on any atom is 0.308 e. The molecule has 1 aliphatic carbocycles. The average Bonchev–Trinajstić information content (AvgIpc) is 2.74. The van der Waals surface area contributed by atoms with Crippen LogP contribution in [-0.2, 0) is 17.8 Å². The van der Waals surface area contributed by atoms with E-state index in [0.29, 0.717) is 5.41 Å². The molecule has 1 heterocycles. The molecular formula is C12H17NO2S. The molecular weight excluding hydrogens is 222 g/mol. The Bertz CT molecular complexity index is 382. The van der Waals surface area contributed by atoms with Gasteiger partial charge in [0.2, 0.25) is 0 Å². The smallest absolute Gasteiger partial charge is 0.308 e. The Balaban J connectivity index is 1.76. The molecule has 0 radical (unpaired) electrons. The molecule has 3 nitrogen and oxygen atoms in total. The summed E-state index contributed by atoms with van der Waals surface area (Å²) in [6.07, 6.45) is 2.80. The zero-order chi connectivity index (χ0) is 11.6. The molecule has 2 N–H and O–H groups in total. The fourth-order valence-corrected chi connectivity index (χ4v) is 2.62. The number of carboxylic acid groups (broad SMARTS) is 1. The van der Waals surface area contributed by atoms with Crippen LogP contribution in [0, 0.1) is 5.41 Å². The van der Waals surface area contributed by atoms with Gasteiger partial charge in [-0.15, -0.1) is 11.3 Å². The predicted molar refractivity (Wildman–Crippen MR) is 64.7 cm³/mol. The van der Waals surface area contributed by atoms with Crippen LogP contribution in [0.15, 0.2) is 12.1 Å². The zero-order valence-electron chi connectivity index (χ0n) is 9.45. The van der Waals surface area contributed by atoms with E-state index in [0.717, 1.165) is 18.0 Å². The maximum atomic E-state index is 10.5. The Morgan fingerprint density at radius 3 is 2.81 bits per heavy atom. The van der Waals surface area contributed by atoms with Gasteiger partial charge in [0.15, 0.2) is 0 Å². The Kier molecular flexibility index (Phi) is 3.30. The van der Waals surface area contributed by atoms with Gasteiger partial charge >= 0.3 is 5.97 Å². The Morgan fingerprint density at radius 2 is 2.19 bits per heavy atom. The lowest BCUT2D eigenvalue weighted by atomic mass is 10.1. The van der Waals surface area contributed by atoms with Crippen molar-refractivity contribution < 1.29 is 9.90 Å². The molecule has 1 fully saturated rings. The summed E-state index contributed by atoms with van der Waals surface area (Å²) in [4.78, 5) is 12.7. The van der Waals surface area contributed by atoms with Crippen LogP contribution in [-0.4, -0.2) is 17.6 Å². The van der Waals surface area contributed by atoms with Gasteiger partial charge in [0.25, 0.3) is 0 Å². The molecule has 4 heteroatoms. The molecule has 0 bridgehead atoms. The normalized spacial score (nSPS) is 17.3. The second-order valence-corrected chi connectivity index (χ2v) is 6.11. The zero-order valence-corrected chi connectivity index (χ0v) is 10.3. The van der Waals surface area contributed by atoms with Crippen molar-refractivity contribution in [1.29, 1.82) is 0 Å². The van der Waals surface area contributed by atoms with E-state index in [1.54, 1.807) is 11.3 Å². The minimum atomic E-state index is -0.758. The number of carboxylic acids is 1. The van der Waals surface area contributed by atoms with Crippen molar-refractivity contribution in [3.8, 4) is 0 Å². The summed E-state index contributed by atoms with van der Waals surface area (Å²) < 4.78 is 0. The van der Waals surface area contributed by atoms with Crippen molar-refractivity contribution in [2.24, 2.45) is 5.41 Å². The predicted octanol–water partition coefficient (Wildman–Crippen LogP) is 2.26. The third-order valence-corrected chi connectivity index (χ3v) is 4.08. The van der Waals surface area contributed by atoms with E-state index in [9.17, 15) is 4.79 Å². The van der Waals surface area contributed by atoms with E-state index in [1.165, 1.54) is 17.7 Å². The molecule has 1 aromatic rings. The first-order valence-electron chi connectivity index (χ1n) is 5.58. The molecule has 2 rings (SSSR count). The summed E-state index contributed by atoms with van der Waals surface area (Å²) in [5, 5.41) is 12.1. The number of rotatable bonds is 6. The molecule has 1 aliphatic rings. The minimum Gasteiger partial charge on any atom is -0.481 e. The fraction of sp³-hybridized carbons (Fsp3) is 0.583. The number of nitrogens with one attached hydrogen (secondary N) is 1. The number of thiophene rings is 1. The standard InChI is InChI=1S/C12H17NO2S/c1-12(4-5-12)8-13-7-10-3-2-9(16-10)6-11(14)15/h2-3,13H,4-8H2,1H3,(H,14,15). The van der Waals surface area contributed by atoms with Gasteiger partial charge < -0.3 is 10.4 Å². The molecule has 0 aliphatic heterocycles. The highest BCUT2D eigenvalue weighted by atomic mass is 32.1. The average molecular weight is 239 g/mol. The van der Waals surface area contributed by atoms with Crippen LogP contribution in [0.2, 0.25) is 0 Å². The molecule has 16 heavy (non-hydrogen) atoms. The summed E-state index contributed by atoms with van der Waals surface area (Å²) in [5.41, 5.74) is 0.529. The van der Waals surface area contributed by atoms with Crippen LogP contribution in [0.3, 0.4) is 0 Å². The van der Waals surface area contributed by atoms with Gasteiger partial charge in [0.1, 0.15) is 0 Å². The fourth-order valence-electron chi connectivity index (χ4n) is 1.64. The summed E-state index contributed by atoms with van der Waals surface area (Å²) >= 11 is 1.59. The number of carbonyl (C=O) groups is 1. The molecule has 0 aromatic carbocycles. The molecule has 1 saturated carbocycles. The van der Waals surface area contributed by atoms with Gasteiger partial charge in [-0.2, -0.15) is 0 Å². The molecule has 0 spiro atoms. The lowest BCUT2D eigenvalue weighted by Gasteiger charge is -2.08. The summed E-state index contributed by atoms with van der Waals surface area (Å²) in [7, 11) is 0. The van der Waals surface area contributed by atoms with E-state index < -0.39 is 5.97 Å². The largest absolute Gasteiger partial charge is 0.481 e. The Labute approximate surface area is 99.5 Å². The van der Waals surface area contributed by atoms with Crippen LogP contribution < -0.4 is 5.32 Å². The van der Waals surface area contributed by atoms with Crippen molar-refractivity contribution in [1.82, 2.24) is 5.32 Å². The second kappa shape index (κ2) is 4.55. The van der Waals surface area contributed by atoms with Crippen molar-refractivity contribution in [2.75, 3.05) is 6.54 Å². The van der Waals surface area contributed by atoms with Crippen molar-refractivity contribution in [3.63, 3.8) is 0 Å². The lowest BCUT2D eigenvalue weighted by Crippen LogP contribution is -2.20. The Morgan fingerprint density at radius 1 is 1.50 bits per heavy atom. The first-order valence-corrected chi connectivity index (χ1v) is 6.39. The Hall–Kier alpha value is -0.870. The van der Waals surface area contributed by atoms with Gasteiger partial charge in [-0.3, -0.25) is 4.79 Å². The second-order valence-electron chi connectivity index (χ2n) is 4.85. The summed E-state index contributed by atoms with van der Waals surface area (Å²) in [6.45, 7) is 4.23. The van der Waals surface area contributed by atoms with Gasteiger partial charge in [-0.1, -0.05) is 6.92 Å². The SMILES string of the molecule is CC1(CNCc2ccc(CC(=O)O)s2)CC1. The molecule has 0 atom stereocenters. The molecule has 0 amide bonds. The number of aliphatic carboxylic acids is 1. The third-order valence-electron chi connectivity index (χ3n) is 3.00. The monoisotopic (exact) mass is 239 g/mol. The molecule has 1 aromatic heterocycles. The van der Waals surface area contributed by atoms with Gasteiger partial charge in [0.05, 0.1) is 6.42 Å². The highest BCUT2D eigenvalue weighted by Gasteiger charge is 2.36. The van der Waals surface area contributed by atoms with Crippen LogP contribution in [0.1, 0.15) is 29.5 Å². The maximum absolute atomic E-state index is 10.5. The van der Waals surface area contributed by atoms with Crippen LogP contribution in [0.4, 0.5) is 0 Å². The first-order chi connectivity index (χ1) is 7.57. The van der Waals surface area contributed by atoms with Crippen molar-refractivity contribution in [2.45, 2.75) is 32.7 Å². The summed E-state index contributed by atoms with van der Waals surface area (Å²) in [6, 6.07) is 3.93. The topological polar surface area (TPSA) is 49.3 Å². The highest BCUT2D eigenvalue weighted by molar-refractivity contribution is 7.12. The van der Waals surface area contributed by atoms with E-state index in [1.807, 2.05) is 12.1 Å².